The Morgan fingerprint density at radius 3 is 2.37 bits per heavy atom. The number of benzene rings is 1. The van der Waals surface area contributed by atoms with Crippen LogP contribution in [0.5, 0.6) is 5.75 Å². The van der Waals surface area contributed by atoms with E-state index < -0.39 is 6.16 Å². The van der Waals surface area contributed by atoms with Crippen molar-refractivity contribution in [2.75, 3.05) is 31.6 Å². The van der Waals surface area contributed by atoms with Crippen LogP contribution in [0.1, 0.15) is 60.7 Å². The van der Waals surface area contributed by atoms with Crippen molar-refractivity contribution >= 4 is 17.6 Å². The monoisotopic (exact) mass is 478 g/mol. The quantitative estimate of drug-likeness (QED) is 0.349. The number of rotatable bonds is 7. The van der Waals surface area contributed by atoms with Gasteiger partial charge < -0.3 is 19.2 Å². The molecule has 3 aliphatic rings. The number of fused-ring (bicyclic) bond motifs is 1. The first-order valence-electron chi connectivity index (χ1n) is 12.8. The van der Waals surface area contributed by atoms with E-state index in [-0.39, 0.29) is 12.0 Å². The van der Waals surface area contributed by atoms with Gasteiger partial charge in [0.1, 0.15) is 18.3 Å². The van der Waals surface area contributed by atoms with Crippen molar-refractivity contribution < 1.29 is 23.9 Å². The first kappa shape index (κ1) is 23.8. The van der Waals surface area contributed by atoms with E-state index in [9.17, 15) is 9.59 Å². The predicted molar refractivity (Wildman–Crippen MR) is 134 cm³/mol. The highest BCUT2D eigenvalue weighted by molar-refractivity contribution is 5.84. The zero-order valence-electron chi connectivity index (χ0n) is 21.0. The van der Waals surface area contributed by atoms with E-state index in [1.54, 1.807) is 6.07 Å². The van der Waals surface area contributed by atoms with Gasteiger partial charge in [0.15, 0.2) is 5.78 Å². The van der Waals surface area contributed by atoms with Gasteiger partial charge in [-0.3, -0.25) is 9.78 Å². The second kappa shape index (κ2) is 9.26. The SMILES string of the molecule is Cc1cc(N2CCC([N+](C)(CC(=O)C3CC3)C3CCc4ccc(OC(=O)O)cc43)CC2)cc(C)n1. The van der Waals surface area contributed by atoms with Crippen molar-refractivity contribution in [1.29, 1.82) is 0 Å². The van der Waals surface area contributed by atoms with Gasteiger partial charge in [0.05, 0.1) is 13.1 Å². The molecular weight excluding hydrogens is 442 g/mol. The van der Waals surface area contributed by atoms with Crippen molar-refractivity contribution in [1.82, 2.24) is 4.98 Å². The number of ether oxygens (including phenoxy) is 1. The van der Waals surface area contributed by atoms with Crippen LogP contribution in [0.2, 0.25) is 0 Å². The van der Waals surface area contributed by atoms with Crippen LogP contribution < -0.4 is 9.64 Å². The molecule has 1 aliphatic heterocycles. The molecule has 0 radical (unpaired) electrons. The summed E-state index contributed by atoms with van der Waals surface area (Å²) in [5.74, 6) is 0.987. The molecule has 1 N–H and O–H groups in total. The van der Waals surface area contributed by atoms with Crippen molar-refractivity contribution in [3.63, 3.8) is 0 Å². The molecule has 0 spiro atoms. The van der Waals surface area contributed by atoms with Gasteiger partial charge in [-0.1, -0.05) is 6.07 Å². The Balaban J connectivity index is 1.40. The van der Waals surface area contributed by atoms with Gasteiger partial charge in [0.2, 0.25) is 0 Å². The minimum Gasteiger partial charge on any atom is -0.449 e. The first-order valence-corrected chi connectivity index (χ1v) is 12.8. The molecular formula is C28H36N3O4+. The Bertz CT molecular complexity index is 1120. The molecule has 2 heterocycles. The molecule has 7 nitrogen and oxygen atoms in total. The lowest BCUT2D eigenvalue weighted by molar-refractivity contribution is -0.955. The van der Waals surface area contributed by atoms with Gasteiger partial charge >= 0.3 is 6.16 Å². The molecule has 1 aromatic carbocycles. The maximum Gasteiger partial charge on any atom is 0.511 e. The number of aryl methyl sites for hydroxylation is 3. The zero-order chi connectivity index (χ0) is 24.7. The average Bonchev–Trinajstić information content (AvgIpc) is 3.58. The summed E-state index contributed by atoms with van der Waals surface area (Å²) in [6.45, 7) is 6.56. The Hall–Kier alpha value is -2.93. The maximum atomic E-state index is 13.2. The average molecular weight is 479 g/mol. The topological polar surface area (TPSA) is 79.7 Å². The second-order valence-electron chi connectivity index (χ2n) is 10.9. The lowest BCUT2D eigenvalue weighted by Gasteiger charge is -2.49. The van der Waals surface area contributed by atoms with Crippen LogP contribution >= 0.6 is 0 Å². The van der Waals surface area contributed by atoms with Crippen LogP contribution in [0, 0.1) is 19.8 Å². The van der Waals surface area contributed by atoms with Crippen LogP contribution in [0.25, 0.3) is 0 Å². The van der Waals surface area contributed by atoms with Gasteiger partial charge in [-0.15, -0.1) is 0 Å². The largest absolute Gasteiger partial charge is 0.511 e. The van der Waals surface area contributed by atoms with Crippen LogP contribution in [0.3, 0.4) is 0 Å². The van der Waals surface area contributed by atoms with Crippen molar-refractivity contribution in [2.45, 2.75) is 64.5 Å². The summed E-state index contributed by atoms with van der Waals surface area (Å²) in [7, 11) is 2.27. The summed E-state index contributed by atoms with van der Waals surface area (Å²) in [5, 5.41) is 9.11. The number of hydrogen-bond acceptors (Lipinski definition) is 5. The number of hydrogen-bond donors (Lipinski definition) is 1. The third-order valence-corrected chi connectivity index (χ3v) is 8.34. The van der Waals surface area contributed by atoms with Crippen LogP contribution in [-0.2, 0) is 11.2 Å². The van der Waals surface area contributed by atoms with Gasteiger partial charge in [-0.05, 0) is 62.9 Å². The number of aromatic nitrogens is 1. The van der Waals surface area contributed by atoms with Crippen molar-refractivity contribution in [3.05, 3.63) is 52.8 Å². The highest BCUT2D eigenvalue weighted by Crippen LogP contribution is 2.45. The molecule has 0 amide bonds. The number of Topliss-reactive ketones (excluding diaryl/α,β-unsaturated/α-hetero) is 1. The minimum atomic E-state index is -1.30. The van der Waals surface area contributed by atoms with Crippen molar-refractivity contribution in [3.8, 4) is 5.75 Å². The number of carboxylic acid groups (broad SMARTS) is 1. The first-order chi connectivity index (χ1) is 16.7. The minimum absolute atomic E-state index is 0.173. The molecule has 0 bridgehead atoms. The van der Waals surface area contributed by atoms with E-state index in [4.69, 9.17) is 9.84 Å². The van der Waals surface area contributed by atoms with Gasteiger partial charge in [0.25, 0.3) is 0 Å². The van der Waals surface area contributed by atoms with E-state index in [1.807, 2.05) is 26.0 Å². The number of anilines is 1. The molecule has 7 heteroatoms. The molecule has 186 valence electrons. The molecule has 1 aromatic heterocycles. The van der Waals surface area contributed by atoms with Gasteiger partial charge in [-0.2, -0.15) is 0 Å². The summed E-state index contributed by atoms with van der Waals surface area (Å²) in [6.07, 6.45) is 4.72. The number of pyridine rings is 1. The Morgan fingerprint density at radius 1 is 1.06 bits per heavy atom. The molecule has 5 rings (SSSR count). The summed E-state index contributed by atoms with van der Waals surface area (Å²) < 4.78 is 5.70. The number of carbonyl (C=O) groups is 2. The molecule has 35 heavy (non-hydrogen) atoms. The number of nitrogens with zero attached hydrogens (tertiary/aromatic N) is 3. The molecule has 2 unspecified atom stereocenters. The van der Waals surface area contributed by atoms with E-state index in [2.05, 4.69) is 29.1 Å². The van der Waals surface area contributed by atoms with E-state index >= 15 is 0 Å². The number of quaternary nitrogens is 1. The number of piperidine rings is 1. The van der Waals surface area contributed by atoms with Crippen LogP contribution in [0.15, 0.2) is 30.3 Å². The molecule has 2 aromatic rings. The van der Waals surface area contributed by atoms with Crippen LogP contribution in [0.4, 0.5) is 10.5 Å². The lowest BCUT2D eigenvalue weighted by Crippen LogP contribution is -2.59. The molecule has 2 fully saturated rings. The number of likely N-dealkylation sites (N-methyl/N-ethyl adjacent to an activating group) is 1. The Morgan fingerprint density at radius 2 is 1.74 bits per heavy atom. The summed E-state index contributed by atoms with van der Waals surface area (Å²) in [5.41, 5.74) is 5.71. The normalized spacial score (nSPS) is 21.9. The lowest BCUT2D eigenvalue weighted by atomic mass is 9.93. The molecule has 1 saturated carbocycles. The highest BCUT2D eigenvalue weighted by Gasteiger charge is 2.48. The van der Waals surface area contributed by atoms with Gasteiger partial charge in [0, 0.05) is 60.9 Å². The Labute approximate surface area is 207 Å². The maximum absolute atomic E-state index is 13.2. The molecule has 2 aliphatic carbocycles. The zero-order valence-corrected chi connectivity index (χ0v) is 21.0. The van der Waals surface area contributed by atoms with E-state index in [1.165, 1.54) is 11.3 Å². The molecule has 2 atom stereocenters. The third-order valence-electron chi connectivity index (χ3n) is 8.34. The smallest absolute Gasteiger partial charge is 0.449 e. The fourth-order valence-corrected chi connectivity index (χ4v) is 6.41. The van der Waals surface area contributed by atoms with E-state index in [0.717, 1.165) is 68.6 Å². The summed E-state index contributed by atoms with van der Waals surface area (Å²) >= 11 is 0. The summed E-state index contributed by atoms with van der Waals surface area (Å²) in [4.78, 5) is 31.3. The highest BCUT2D eigenvalue weighted by atomic mass is 16.7. The van der Waals surface area contributed by atoms with Gasteiger partial charge in [-0.25, -0.2) is 4.79 Å². The van der Waals surface area contributed by atoms with Crippen molar-refractivity contribution in [2.24, 2.45) is 5.92 Å². The fourth-order valence-electron chi connectivity index (χ4n) is 6.41. The second-order valence-corrected chi connectivity index (χ2v) is 10.9. The fraction of sp³-hybridized carbons (Fsp3) is 0.536. The third kappa shape index (κ3) is 4.92. The summed E-state index contributed by atoms with van der Waals surface area (Å²) in [6, 6.07) is 10.5. The number of ketones is 1. The number of carbonyl (C=O) groups excluding carboxylic acids is 1. The van der Waals surface area contributed by atoms with Crippen LogP contribution in [-0.4, -0.2) is 59.2 Å². The predicted octanol–water partition coefficient (Wildman–Crippen LogP) is 4.84. The molecule has 1 saturated heterocycles. The standard InChI is InChI=1S/C28H35N3O4/c1-18-14-22(15-19(2)29-18)30-12-10-23(11-13-30)31(3,17-27(32)21-4-5-21)26-9-7-20-6-8-24(16-25(20)26)35-28(33)34/h6,8,14-16,21,23,26H,4-5,7,9-13,17H2,1-3H3/p+1. The van der Waals surface area contributed by atoms with E-state index in [0.29, 0.717) is 28.6 Å². The Kier molecular flexibility index (Phi) is 6.30.